The smallest absolute Gasteiger partial charge is 0.333 e. The van der Waals surface area contributed by atoms with Crippen molar-refractivity contribution in [2.45, 2.75) is 32.3 Å². The molecule has 5 heteroatoms. The predicted molar refractivity (Wildman–Crippen MR) is 59.4 cm³/mol. The van der Waals surface area contributed by atoms with Gasteiger partial charge in [-0.3, -0.25) is 4.68 Å². The fourth-order valence-corrected chi connectivity index (χ4v) is 2.05. The number of hydrogen-bond donors (Lipinski definition) is 1. The minimum absolute atomic E-state index is 0.628. The van der Waals surface area contributed by atoms with Gasteiger partial charge < -0.3 is 9.84 Å². The number of aromatic nitrogens is 2. The van der Waals surface area contributed by atoms with Crippen LogP contribution in [0.3, 0.4) is 0 Å². The van der Waals surface area contributed by atoms with Gasteiger partial charge in [0.1, 0.15) is 0 Å². The van der Waals surface area contributed by atoms with E-state index < -0.39 is 17.5 Å². The summed E-state index contributed by atoms with van der Waals surface area (Å²) >= 11 is 0. The van der Waals surface area contributed by atoms with E-state index in [4.69, 9.17) is 9.84 Å². The van der Waals surface area contributed by atoms with Crippen molar-refractivity contribution < 1.29 is 14.6 Å². The molecule has 0 saturated carbocycles. The molecule has 1 N–H and O–H groups in total. The molecule has 0 aliphatic carbocycles. The Morgan fingerprint density at radius 3 is 2.50 bits per heavy atom. The highest BCUT2D eigenvalue weighted by Gasteiger charge is 2.39. The van der Waals surface area contributed by atoms with Crippen LogP contribution in [0.4, 0.5) is 0 Å². The van der Waals surface area contributed by atoms with Gasteiger partial charge in [0.2, 0.25) is 0 Å². The number of carboxylic acids is 1. The van der Waals surface area contributed by atoms with Crippen LogP contribution in [0.15, 0.2) is 6.07 Å². The number of methoxy groups -OCH3 is 1. The molecule has 0 spiro atoms. The van der Waals surface area contributed by atoms with Gasteiger partial charge in [0.05, 0.1) is 5.69 Å². The maximum atomic E-state index is 11.1. The summed E-state index contributed by atoms with van der Waals surface area (Å²) in [6.45, 7) is 5.56. The molecule has 0 amide bonds. The average molecular weight is 226 g/mol. The second-order valence-electron chi connectivity index (χ2n) is 4.47. The Morgan fingerprint density at radius 2 is 2.19 bits per heavy atom. The lowest BCUT2D eigenvalue weighted by atomic mass is 9.82. The highest BCUT2D eigenvalue weighted by atomic mass is 16.5. The molecule has 16 heavy (non-hydrogen) atoms. The van der Waals surface area contributed by atoms with E-state index >= 15 is 0 Å². The number of carbonyl (C=O) groups is 1. The third-order valence-electron chi connectivity index (χ3n) is 2.78. The Morgan fingerprint density at radius 1 is 1.62 bits per heavy atom. The summed E-state index contributed by atoms with van der Waals surface area (Å²) in [5, 5.41) is 13.3. The molecule has 1 unspecified atom stereocenters. The van der Waals surface area contributed by atoms with Crippen LogP contribution in [0, 0.1) is 6.92 Å². The Labute approximate surface area is 95.0 Å². The van der Waals surface area contributed by atoms with Crippen LogP contribution in [0.2, 0.25) is 0 Å². The molecule has 0 aromatic carbocycles. The summed E-state index contributed by atoms with van der Waals surface area (Å²) < 4.78 is 6.75. The topological polar surface area (TPSA) is 64.3 Å². The first kappa shape index (κ1) is 12.7. The van der Waals surface area contributed by atoms with Crippen molar-refractivity contribution in [1.82, 2.24) is 9.78 Å². The van der Waals surface area contributed by atoms with Crippen LogP contribution >= 0.6 is 0 Å². The van der Waals surface area contributed by atoms with Crippen molar-refractivity contribution in [3.8, 4) is 0 Å². The molecule has 5 nitrogen and oxygen atoms in total. The van der Waals surface area contributed by atoms with E-state index in [-0.39, 0.29) is 0 Å². The van der Waals surface area contributed by atoms with Gasteiger partial charge in [-0.2, -0.15) is 5.10 Å². The van der Waals surface area contributed by atoms with Crippen LogP contribution in [0.5, 0.6) is 0 Å². The van der Waals surface area contributed by atoms with E-state index in [9.17, 15) is 4.79 Å². The summed E-state index contributed by atoms with van der Waals surface area (Å²) in [7, 11) is 3.21. The Hall–Kier alpha value is -1.36. The van der Waals surface area contributed by atoms with E-state index in [2.05, 4.69) is 5.10 Å². The predicted octanol–water partition coefficient (Wildman–Crippen LogP) is 1.11. The second-order valence-corrected chi connectivity index (χ2v) is 4.47. The maximum absolute atomic E-state index is 11.1. The molecule has 1 atom stereocenters. The first-order valence-electron chi connectivity index (χ1n) is 5.07. The van der Waals surface area contributed by atoms with E-state index in [1.807, 2.05) is 26.8 Å². The van der Waals surface area contributed by atoms with Crippen molar-refractivity contribution in [2.75, 3.05) is 7.11 Å². The zero-order chi connectivity index (χ0) is 12.5. The minimum Gasteiger partial charge on any atom is -0.479 e. The summed E-state index contributed by atoms with van der Waals surface area (Å²) in [5.41, 5.74) is 1.08. The largest absolute Gasteiger partial charge is 0.479 e. The number of aliphatic carboxylic acids is 1. The SMILES string of the molecule is COC(C(=O)O)C(C)(C)c1cc(C)nn1C. The molecule has 0 aliphatic rings. The number of ether oxygens (including phenoxy) is 1. The standard InChI is InChI=1S/C11H18N2O3/c1-7-6-8(13(4)12-7)11(2,3)9(16-5)10(14)15/h6,9H,1-5H3,(H,14,15). The van der Waals surface area contributed by atoms with Crippen molar-refractivity contribution in [1.29, 1.82) is 0 Å². The van der Waals surface area contributed by atoms with Gasteiger partial charge in [0, 0.05) is 25.3 Å². The van der Waals surface area contributed by atoms with E-state index in [0.717, 1.165) is 11.4 Å². The molecule has 1 aromatic rings. The summed E-state index contributed by atoms with van der Waals surface area (Å²) in [5.74, 6) is -0.966. The lowest BCUT2D eigenvalue weighted by molar-refractivity contribution is -0.152. The first-order chi connectivity index (χ1) is 7.30. The van der Waals surface area contributed by atoms with Gasteiger partial charge in [-0.1, -0.05) is 13.8 Å². The van der Waals surface area contributed by atoms with E-state index in [1.54, 1.807) is 11.7 Å². The van der Waals surface area contributed by atoms with E-state index in [1.165, 1.54) is 7.11 Å². The van der Waals surface area contributed by atoms with Crippen LogP contribution < -0.4 is 0 Å². The summed E-state index contributed by atoms with van der Waals surface area (Å²) in [6.07, 6.45) is -0.887. The number of nitrogens with zero attached hydrogens (tertiary/aromatic N) is 2. The number of rotatable bonds is 4. The van der Waals surface area contributed by atoms with Gasteiger partial charge in [-0.15, -0.1) is 0 Å². The molecule has 0 saturated heterocycles. The molecule has 0 fully saturated rings. The Balaban J connectivity index is 3.18. The van der Waals surface area contributed by atoms with Crippen molar-refractivity contribution in [2.24, 2.45) is 7.05 Å². The minimum atomic E-state index is -0.966. The van der Waals surface area contributed by atoms with Crippen LogP contribution in [0.1, 0.15) is 25.2 Å². The van der Waals surface area contributed by atoms with Crippen LogP contribution in [-0.2, 0) is 22.0 Å². The lowest BCUT2D eigenvalue weighted by Gasteiger charge is -2.30. The van der Waals surface area contributed by atoms with Crippen molar-refractivity contribution in [3.63, 3.8) is 0 Å². The highest BCUT2D eigenvalue weighted by Crippen LogP contribution is 2.29. The van der Waals surface area contributed by atoms with Crippen molar-refractivity contribution in [3.05, 3.63) is 17.5 Å². The lowest BCUT2D eigenvalue weighted by Crippen LogP contribution is -2.42. The molecule has 1 heterocycles. The average Bonchev–Trinajstić information content (AvgIpc) is 2.45. The molecule has 1 rings (SSSR count). The number of aryl methyl sites for hydroxylation is 2. The third kappa shape index (κ3) is 2.09. The van der Waals surface area contributed by atoms with Gasteiger partial charge >= 0.3 is 5.97 Å². The fraction of sp³-hybridized carbons (Fsp3) is 0.636. The van der Waals surface area contributed by atoms with Crippen LogP contribution in [-0.4, -0.2) is 34.1 Å². The molecule has 90 valence electrons. The zero-order valence-electron chi connectivity index (χ0n) is 10.3. The van der Waals surface area contributed by atoms with Gasteiger partial charge in [-0.25, -0.2) is 4.79 Å². The van der Waals surface area contributed by atoms with Crippen LogP contribution in [0.25, 0.3) is 0 Å². The first-order valence-corrected chi connectivity index (χ1v) is 5.07. The molecule has 0 radical (unpaired) electrons. The van der Waals surface area contributed by atoms with Gasteiger partial charge in [0.15, 0.2) is 6.10 Å². The molecule has 0 bridgehead atoms. The quantitative estimate of drug-likeness (QED) is 0.835. The summed E-state index contributed by atoms with van der Waals surface area (Å²) in [4.78, 5) is 11.1. The zero-order valence-corrected chi connectivity index (χ0v) is 10.3. The normalized spacial score (nSPS) is 13.8. The Kier molecular flexibility index (Phi) is 3.38. The molecular formula is C11H18N2O3. The number of hydrogen-bond acceptors (Lipinski definition) is 3. The maximum Gasteiger partial charge on any atom is 0.333 e. The Bertz CT molecular complexity index is 396. The fourth-order valence-electron chi connectivity index (χ4n) is 2.05. The van der Waals surface area contributed by atoms with Gasteiger partial charge in [0.25, 0.3) is 0 Å². The summed E-state index contributed by atoms with van der Waals surface area (Å²) in [6, 6.07) is 1.88. The third-order valence-corrected chi connectivity index (χ3v) is 2.78. The molecular weight excluding hydrogens is 208 g/mol. The molecule has 0 aliphatic heterocycles. The van der Waals surface area contributed by atoms with E-state index in [0.29, 0.717) is 0 Å². The van der Waals surface area contributed by atoms with Gasteiger partial charge in [-0.05, 0) is 13.0 Å². The second kappa shape index (κ2) is 4.25. The molecule has 1 aromatic heterocycles. The number of carboxylic acid groups (broad SMARTS) is 1. The monoisotopic (exact) mass is 226 g/mol. The van der Waals surface area contributed by atoms with Crippen molar-refractivity contribution >= 4 is 5.97 Å². The highest BCUT2D eigenvalue weighted by molar-refractivity contribution is 5.74.